The van der Waals surface area contributed by atoms with E-state index in [1.54, 1.807) is 9.80 Å². The van der Waals surface area contributed by atoms with Crippen LogP contribution in [-0.4, -0.2) is 141 Å². The lowest BCUT2D eigenvalue weighted by Crippen LogP contribution is -2.66. The van der Waals surface area contributed by atoms with E-state index in [0.29, 0.717) is 64.6 Å². The molecule has 16 heteroatoms. The van der Waals surface area contributed by atoms with Gasteiger partial charge in [0.25, 0.3) is 0 Å². The van der Waals surface area contributed by atoms with E-state index in [0.717, 1.165) is 71.7 Å². The van der Waals surface area contributed by atoms with Crippen molar-refractivity contribution in [2.24, 2.45) is 5.92 Å². The molecule has 2 saturated carbocycles. The molecule has 6 heterocycles. The summed E-state index contributed by atoms with van der Waals surface area (Å²) < 4.78 is 0. The van der Waals surface area contributed by atoms with Gasteiger partial charge in [0, 0.05) is 92.4 Å². The fourth-order valence-corrected chi connectivity index (χ4v) is 12.0. The molecule has 10 rings (SSSR count). The van der Waals surface area contributed by atoms with Crippen LogP contribution >= 0.6 is 0 Å². The van der Waals surface area contributed by atoms with Crippen LogP contribution in [0.25, 0.3) is 21.8 Å². The number of hydrogen-bond acceptors (Lipinski definition) is 8. The Kier molecular flexibility index (Phi) is 12.1. The zero-order chi connectivity index (χ0) is 44.7. The number of H-pyrrole nitrogens is 2. The van der Waals surface area contributed by atoms with Gasteiger partial charge in [0.2, 0.25) is 35.4 Å². The van der Waals surface area contributed by atoms with Crippen molar-refractivity contribution >= 4 is 57.2 Å². The highest BCUT2D eigenvalue weighted by Crippen LogP contribution is 2.41. The van der Waals surface area contributed by atoms with Crippen molar-refractivity contribution in [3.63, 3.8) is 0 Å². The summed E-state index contributed by atoms with van der Waals surface area (Å²) in [5, 5.41) is 17.7. The summed E-state index contributed by atoms with van der Waals surface area (Å²) in [6.07, 6.45) is 11.1. The Morgan fingerprint density at radius 1 is 0.600 bits per heavy atom. The molecule has 4 aromatic rings. The Bertz CT molecular complexity index is 2450. The maximum absolute atomic E-state index is 15.2. The van der Waals surface area contributed by atoms with Gasteiger partial charge < -0.3 is 46.4 Å². The molecule has 16 nitrogen and oxygen atoms in total. The van der Waals surface area contributed by atoms with Crippen LogP contribution in [0.4, 0.5) is 0 Å². The molecule has 0 bridgehead atoms. The van der Waals surface area contributed by atoms with Crippen LogP contribution in [0.15, 0.2) is 60.9 Å². The highest BCUT2D eigenvalue weighted by molar-refractivity contribution is 6.00. The van der Waals surface area contributed by atoms with Crippen molar-refractivity contribution in [3.8, 4) is 0 Å². The van der Waals surface area contributed by atoms with Crippen molar-refractivity contribution < 1.29 is 28.8 Å². The zero-order valence-corrected chi connectivity index (χ0v) is 37.0. The number of aromatic nitrogens is 2. The van der Waals surface area contributed by atoms with Gasteiger partial charge in [0.1, 0.15) is 35.7 Å². The van der Waals surface area contributed by atoms with E-state index in [2.05, 4.69) is 41.5 Å². The fraction of sp³-hybridized carbons (Fsp3) is 0.551. The molecule has 0 unspecified atom stereocenters. The number of nitrogens with zero attached hydrogens (tertiary/aromatic N) is 3. The number of nitrogens with one attached hydrogen (secondary N) is 7. The predicted molar refractivity (Wildman–Crippen MR) is 244 cm³/mol. The van der Waals surface area contributed by atoms with Gasteiger partial charge in [0.15, 0.2) is 0 Å². The summed E-state index contributed by atoms with van der Waals surface area (Å²) in [7, 11) is 0. The van der Waals surface area contributed by atoms with Gasteiger partial charge >= 0.3 is 0 Å². The standard InChI is InChI=1S/C49H62N10O6/c60-43-37(24-31-27-51-35-13-4-2-11-33(31)35)55-48(65)49(17-7-8-18-49)56-44(61)38(25-32-28-52-36-14-5-3-12-34(32)36)53-45(62)42-26-30-10-1-6-15-40(30)59(42)47(64)41-16-9-21-58(41)46(63)39(54-43)29-57-22-19-50-20-23-57/h2-5,11-14,27-28,30,37-42,50-52H,1,6-10,15-26,29H2,(H,53,62)(H,54,60)(H,55,65)(H,56,61)/t30-,37+,38+,39+,40-,41-,42-/m1/s1. The Labute approximate surface area is 378 Å². The average molecular weight is 887 g/mol. The molecule has 4 saturated heterocycles. The Morgan fingerprint density at radius 2 is 1.23 bits per heavy atom. The maximum Gasteiger partial charge on any atom is 0.247 e. The summed E-state index contributed by atoms with van der Waals surface area (Å²) in [5.41, 5.74) is 2.04. The largest absolute Gasteiger partial charge is 0.361 e. The molecule has 2 aromatic carbocycles. The Morgan fingerprint density at radius 3 is 1.92 bits per heavy atom. The molecule has 1 spiro atoms. The summed E-state index contributed by atoms with van der Waals surface area (Å²) in [6.45, 7) is 3.39. The predicted octanol–water partition coefficient (Wildman–Crippen LogP) is 2.39. The third kappa shape index (κ3) is 8.50. The molecular weight excluding hydrogens is 825 g/mol. The first-order valence-corrected chi connectivity index (χ1v) is 24.1. The highest BCUT2D eigenvalue weighted by Gasteiger charge is 2.52. The van der Waals surface area contributed by atoms with Crippen molar-refractivity contribution in [2.75, 3.05) is 39.3 Å². The molecule has 7 atom stereocenters. The monoisotopic (exact) mass is 886 g/mol. The topological polar surface area (TPSA) is 204 Å². The van der Waals surface area contributed by atoms with Crippen LogP contribution in [0.2, 0.25) is 0 Å². The summed E-state index contributed by atoms with van der Waals surface area (Å²) in [5.74, 6) is -2.38. The smallest absolute Gasteiger partial charge is 0.247 e. The van der Waals surface area contributed by atoms with Gasteiger partial charge in [-0.3, -0.25) is 33.7 Å². The Balaban J connectivity index is 1.05. The van der Waals surface area contributed by atoms with Crippen LogP contribution < -0.4 is 26.6 Å². The summed E-state index contributed by atoms with van der Waals surface area (Å²) in [6, 6.07) is 10.5. The van der Waals surface area contributed by atoms with Crippen molar-refractivity contribution in [1.29, 1.82) is 0 Å². The molecule has 6 aliphatic rings. The van der Waals surface area contributed by atoms with E-state index in [9.17, 15) is 19.2 Å². The van der Waals surface area contributed by atoms with E-state index in [1.165, 1.54) is 0 Å². The molecule has 7 N–H and O–H groups in total. The van der Waals surface area contributed by atoms with E-state index < -0.39 is 59.4 Å². The molecular formula is C49H62N10O6. The number of carbonyl (C=O) groups is 6. The minimum Gasteiger partial charge on any atom is -0.361 e. The molecule has 0 radical (unpaired) electrons. The number of aromatic amines is 2. The lowest BCUT2D eigenvalue weighted by molar-refractivity contribution is -0.150. The number of fused-ring (bicyclic) bond motifs is 6. The van der Waals surface area contributed by atoms with Crippen LogP contribution in [0.5, 0.6) is 0 Å². The lowest BCUT2D eigenvalue weighted by atomic mass is 9.84. The first-order chi connectivity index (χ1) is 31.7. The molecule has 6 amide bonds. The second-order valence-corrected chi connectivity index (χ2v) is 19.4. The van der Waals surface area contributed by atoms with Gasteiger partial charge in [-0.1, -0.05) is 62.1 Å². The number of benzene rings is 2. The normalized spacial score (nSPS) is 29.5. The van der Waals surface area contributed by atoms with Crippen LogP contribution in [0.3, 0.4) is 0 Å². The third-order valence-electron chi connectivity index (χ3n) is 15.4. The van der Waals surface area contributed by atoms with Gasteiger partial charge in [-0.25, -0.2) is 0 Å². The molecule has 65 heavy (non-hydrogen) atoms. The number of hydrogen-bond donors (Lipinski definition) is 7. The van der Waals surface area contributed by atoms with Gasteiger partial charge in [-0.2, -0.15) is 0 Å². The quantitative estimate of drug-likeness (QED) is 0.153. The van der Waals surface area contributed by atoms with Gasteiger partial charge in [0.05, 0.1) is 0 Å². The number of amides is 6. The number of carbonyl (C=O) groups excluding carboxylic acids is 6. The fourth-order valence-electron chi connectivity index (χ4n) is 12.0. The van der Waals surface area contributed by atoms with Crippen LogP contribution in [0, 0.1) is 5.92 Å². The number of piperazine rings is 1. The SMILES string of the molecule is O=C1NC2(CCCC2)C(=O)N[C@@H](Cc2c[nH]c3ccccc23)C(=O)N[C@@H](CN2CCNCC2)C(=O)N2CCC[C@@H]2C(=O)N2[C@H](C[C@H]3CCCC[C@H]32)C(=O)N[C@H]1Cc1c[nH]c2ccccc12. The number of para-hydroxylation sites is 2. The van der Waals surface area contributed by atoms with Crippen molar-refractivity contribution in [1.82, 2.24) is 51.3 Å². The molecule has 4 aliphatic heterocycles. The highest BCUT2D eigenvalue weighted by atomic mass is 16.2. The minimum absolute atomic E-state index is 0.114. The van der Waals surface area contributed by atoms with E-state index in [1.807, 2.05) is 60.9 Å². The third-order valence-corrected chi connectivity index (χ3v) is 15.4. The van der Waals surface area contributed by atoms with E-state index >= 15 is 9.59 Å². The van der Waals surface area contributed by atoms with Crippen molar-refractivity contribution in [3.05, 3.63) is 72.1 Å². The first-order valence-electron chi connectivity index (χ1n) is 24.1. The van der Waals surface area contributed by atoms with Gasteiger partial charge in [-0.15, -0.1) is 0 Å². The molecule has 6 fully saturated rings. The summed E-state index contributed by atoms with van der Waals surface area (Å²) >= 11 is 0. The molecule has 2 aliphatic carbocycles. The van der Waals surface area contributed by atoms with Crippen molar-refractivity contribution in [2.45, 2.75) is 125 Å². The number of rotatable bonds is 6. The zero-order valence-electron chi connectivity index (χ0n) is 37.0. The molecule has 344 valence electrons. The second-order valence-electron chi connectivity index (χ2n) is 19.4. The lowest BCUT2D eigenvalue weighted by Gasteiger charge is -2.39. The first kappa shape index (κ1) is 43.2. The average Bonchev–Trinajstić information content (AvgIpc) is 4.19. The van der Waals surface area contributed by atoms with Crippen LogP contribution in [-0.2, 0) is 41.6 Å². The Hall–Kier alpha value is -5.74. The van der Waals surface area contributed by atoms with E-state index in [4.69, 9.17) is 0 Å². The maximum atomic E-state index is 15.2. The molecule has 2 aromatic heterocycles. The van der Waals surface area contributed by atoms with E-state index in [-0.39, 0.29) is 43.2 Å². The van der Waals surface area contributed by atoms with Crippen LogP contribution in [0.1, 0.15) is 81.8 Å². The summed E-state index contributed by atoms with van der Waals surface area (Å²) in [4.78, 5) is 102. The minimum atomic E-state index is -1.37. The second kappa shape index (κ2) is 18.3. The van der Waals surface area contributed by atoms with Gasteiger partial charge in [-0.05, 0) is 74.1 Å².